The smallest absolute Gasteiger partial charge is 0.360 e. The lowest BCUT2D eigenvalue weighted by Gasteiger charge is -2.12. The Balaban J connectivity index is 1.67. The van der Waals surface area contributed by atoms with E-state index in [4.69, 9.17) is 16.3 Å². The third-order valence-electron chi connectivity index (χ3n) is 3.30. The molecule has 8 heteroatoms. The topological polar surface area (TPSA) is 97.0 Å². The highest BCUT2D eigenvalue weighted by Gasteiger charge is 2.22. The van der Waals surface area contributed by atoms with E-state index in [0.717, 1.165) is 0 Å². The van der Waals surface area contributed by atoms with Gasteiger partial charge in [-0.15, -0.1) is 0 Å². The van der Waals surface area contributed by atoms with Crippen molar-refractivity contribution in [3.63, 3.8) is 0 Å². The first-order chi connectivity index (χ1) is 11.5. The van der Waals surface area contributed by atoms with Crippen LogP contribution in [-0.2, 0) is 9.53 Å². The molecule has 3 rings (SSSR count). The maximum absolute atomic E-state index is 12.2. The number of H-pyrrole nitrogens is 1. The van der Waals surface area contributed by atoms with Crippen molar-refractivity contribution < 1.29 is 14.3 Å². The number of halogens is 1. The van der Waals surface area contributed by atoms with Gasteiger partial charge in [-0.05, 0) is 25.1 Å². The second-order valence-electron chi connectivity index (χ2n) is 5.02. The Kier molecular flexibility index (Phi) is 4.43. The molecule has 2 N–H and O–H groups in total. The second kappa shape index (κ2) is 6.67. The number of hydrogen-bond donors (Lipinski definition) is 2. The van der Waals surface area contributed by atoms with Crippen LogP contribution in [0.25, 0.3) is 10.9 Å². The van der Waals surface area contributed by atoms with Gasteiger partial charge in [0, 0.05) is 11.6 Å². The Morgan fingerprint density at radius 3 is 2.79 bits per heavy atom. The fourth-order valence-corrected chi connectivity index (χ4v) is 2.18. The SMILES string of the molecule is CC(OC(=O)c1n[nH]c2ccccc12)C(=O)Nc1ccc(Cl)cn1. The fourth-order valence-electron chi connectivity index (χ4n) is 2.07. The number of aromatic nitrogens is 3. The van der Waals surface area contributed by atoms with E-state index in [-0.39, 0.29) is 5.69 Å². The molecule has 0 aliphatic carbocycles. The van der Waals surface area contributed by atoms with Crippen LogP contribution in [0.3, 0.4) is 0 Å². The van der Waals surface area contributed by atoms with Crippen molar-refractivity contribution in [1.82, 2.24) is 15.2 Å². The lowest BCUT2D eigenvalue weighted by molar-refractivity contribution is -0.123. The van der Waals surface area contributed by atoms with E-state index in [2.05, 4.69) is 20.5 Å². The average Bonchev–Trinajstić information content (AvgIpc) is 3.01. The van der Waals surface area contributed by atoms with Crippen LogP contribution in [0.1, 0.15) is 17.4 Å². The lowest BCUT2D eigenvalue weighted by Crippen LogP contribution is -2.30. The number of pyridine rings is 1. The van der Waals surface area contributed by atoms with Crippen molar-refractivity contribution in [1.29, 1.82) is 0 Å². The normalized spacial score (nSPS) is 11.9. The number of hydrogen-bond acceptors (Lipinski definition) is 5. The van der Waals surface area contributed by atoms with Gasteiger partial charge in [0.05, 0.1) is 10.5 Å². The van der Waals surface area contributed by atoms with E-state index < -0.39 is 18.0 Å². The molecule has 0 spiro atoms. The Morgan fingerprint density at radius 1 is 1.25 bits per heavy atom. The Morgan fingerprint density at radius 2 is 2.04 bits per heavy atom. The van der Waals surface area contributed by atoms with Gasteiger partial charge in [-0.1, -0.05) is 29.8 Å². The van der Waals surface area contributed by atoms with Crippen molar-refractivity contribution in [2.24, 2.45) is 0 Å². The molecule has 122 valence electrons. The number of carbonyl (C=O) groups is 2. The zero-order valence-electron chi connectivity index (χ0n) is 12.6. The number of para-hydroxylation sites is 1. The Hall–Kier alpha value is -2.93. The lowest BCUT2D eigenvalue weighted by atomic mass is 10.2. The van der Waals surface area contributed by atoms with Crippen molar-refractivity contribution in [2.75, 3.05) is 5.32 Å². The second-order valence-corrected chi connectivity index (χ2v) is 5.45. The average molecular weight is 345 g/mol. The summed E-state index contributed by atoms with van der Waals surface area (Å²) in [5, 5.41) is 10.3. The monoisotopic (exact) mass is 344 g/mol. The summed E-state index contributed by atoms with van der Waals surface area (Å²) in [5.41, 5.74) is 0.849. The minimum Gasteiger partial charge on any atom is -0.448 e. The molecule has 0 bridgehead atoms. The molecular formula is C16H13ClN4O3. The molecule has 0 saturated heterocycles. The van der Waals surface area contributed by atoms with Crippen LogP contribution in [0.5, 0.6) is 0 Å². The molecule has 0 aliphatic rings. The van der Waals surface area contributed by atoms with E-state index in [9.17, 15) is 9.59 Å². The van der Waals surface area contributed by atoms with Crippen LogP contribution in [-0.4, -0.2) is 33.2 Å². The van der Waals surface area contributed by atoms with Gasteiger partial charge in [0.1, 0.15) is 5.82 Å². The third kappa shape index (κ3) is 3.36. The summed E-state index contributed by atoms with van der Waals surface area (Å²) >= 11 is 5.73. The number of benzene rings is 1. The van der Waals surface area contributed by atoms with Crippen LogP contribution in [0.15, 0.2) is 42.6 Å². The van der Waals surface area contributed by atoms with Gasteiger partial charge in [-0.25, -0.2) is 9.78 Å². The summed E-state index contributed by atoms with van der Waals surface area (Å²) in [7, 11) is 0. The summed E-state index contributed by atoms with van der Waals surface area (Å²) < 4.78 is 5.17. The Labute approximate surface area is 142 Å². The predicted octanol–water partition coefficient (Wildman–Crippen LogP) is 2.80. The van der Waals surface area contributed by atoms with E-state index >= 15 is 0 Å². The third-order valence-corrected chi connectivity index (χ3v) is 3.52. The maximum Gasteiger partial charge on any atom is 0.360 e. The summed E-state index contributed by atoms with van der Waals surface area (Å²) in [5.74, 6) is -0.866. The summed E-state index contributed by atoms with van der Waals surface area (Å²) in [6, 6.07) is 10.3. The molecule has 0 radical (unpaired) electrons. The van der Waals surface area contributed by atoms with E-state index in [1.807, 2.05) is 6.07 Å². The minimum atomic E-state index is -1.01. The first-order valence-electron chi connectivity index (χ1n) is 7.11. The molecule has 7 nitrogen and oxygen atoms in total. The highest BCUT2D eigenvalue weighted by atomic mass is 35.5. The van der Waals surface area contributed by atoms with Crippen LogP contribution in [0, 0.1) is 0 Å². The molecule has 0 saturated carbocycles. The highest BCUT2D eigenvalue weighted by molar-refractivity contribution is 6.30. The standard InChI is InChI=1S/C16H13ClN4O3/c1-9(15(22)19-13-7-6-10(17)8-18-13)24-16(23)14-11-4-2-3-5-12(11)20-21-14/h2-9H,1H3,(H,20,21)(H,18,19,22). The number of anilines is 1. The minimum absolute atomic E-state index is 0.134. The maximum atomic E-state index is 12.2. The van der Waals surface area contributed by atoms with E-state index in [0.29, 0.717) is 21.7 Å². The molecule has 1 unspecified atom stereocenters. The van der Waals surface area contributed by atoms with Gasteiger partial charge in [-0.3, -0.25) is 9.89 Å². The fraction of sp³-hybridized carbons (Fsp3) is 0.125. The quantitative estimate of drug-likeness (QED) is 0.709. The molecule has 1 aromatic carbocycles. The summed E-state index contributed by atoms with van der Waals surface area (Å²) in [6.45, 7) is 1.47. The molecule has 24 heavy (non-hydrogen) atoms. The van der Waals surface area contributed by atoms with E-state index in [1.54, 1.807) is 30.3 Å². The van der Waals surface area contributed by atoms with Crippen molar-refractivity contribution >= 4 is 40.2 Å². The Bertz CT molecular complexity index is 892. The number of rotatable bonds is 4. The number of carbonyl (C=O) groups excluding carboxylic acids is 2. The molecular weight excluding hydrogens is 332 g/mol. The van der Waals surface area contributed by atoms with Gasteiger partial charge < -0.3 is 10.1 Å². The first-order valence-corrected chi connectivity index (χ1v) is 7.49. The van der Waals surface area contributed by atoms with Crippen LogP contribution >= 0.6 is 11.6 Å². The number of ether oxygens (including phenoxy) is 1. The summed E-state index contributed by atoms with van der Waals surface area (Å²) in [6.07, 6.45) is 0.398. The van der Waals surface area contributed by atoms with Gasteiger partial charge in [-0.2, -0.15) is 5.10 Å². The van der Waals surface area contributed by atoms with Crippen LogP contribution in [0.2, 0.25) is 5.02 Å². The first kappa shape index (κ1) is 15.9. The molecule has 1 amide bonds. The molecule has 0 aliphatic heterocycles. The van der Waals surface area contributed by atoms with Gasteiger partial charge in [0.2, 0.25) is 0 Å². The van der Waals surface area contributed by atoms with Crippen molar-refractivity contribution in [3.05, 3.63) is 53.3 Å². The number of aromatic amines is 1. The van der Waals surface area contributed by atoms with Crippen LogP contribution < -0.4 is 5.32 Å². The number of amides is 1. The number of nitrogens with zero attached hydrogens (tertiary/aromatic N) is 2. The zero-order valence-corrected chi connectivity index (χ0v) is 13.4. The number of nitrogens with one attached hydrogen (secondary N) is 2. The zero-order chi connectivity index (χ0) is 17.1. The largest absolute Gasteiger partial charge is 0.448 e. The molecule has 3 aromatic rings. The van der Waals surface area contributed by atoms with Gasteiger partial charge in [0.25, 0.3) is 5.91 Å². The molecule has 0 fully saturated rings. The van der Waals surface area contributed by atoms with Crippen LogP contribution in [0.4, 0.5) is 5.82 Å². The highest BCUT2D eigenvalue weighted by Crippen LogP contribution is 2.17. The van der Waals surface area contributed by atoms with Gasteiger partial charge in [0.15, 0.2) is 11.8 Å². The predicted molar refractivity (Wildman–Crippen MR) is 88.8 cm³/mol. The number of fused-ring (bicyclic) bond motifs is 1. The summed E-state index contributed by atoms with van der Waals surface area (Å²) in [4.78, 5) is 28.2. The number of esters is 1. The van der Waals surface area contributed by atoms with Gasteiger partial charge >= 0.3 is 5.97 Å². The molecule has 2 heterocycles. The van der Waals surface area contributed by atoms with Crippen molar-refractivity contribution in [2.45, 2.75) is 13.0 Å². The molecule has 2 aromatic heterocycles. The van der Waals surface area contributed by atoms with Crippen molar-refractivity contribution in [3.8, 4) is 0 Å². The molecule has 1 atom stereocenters. The van der Waals surface area contributed by atoms with E-state index in [1.165, 1.54) is 13.1 Å².